The molecule has 0 radical (unpaired) electrons. The zero-order valence-electron chi connectivity index (χ0n) is 11.4. The van der Waals surface area contributed by atoms with E-state index in [-0.39, 0.29) is 11.4 Å². The van der Waals surface area contributed by atoms with Gasteiger partial charge in [-0.2, -0.15) is 8.75 Å². The van der Waals surface area contributed by atoms with E-state index in [2.05, 4.69) is 21.0 Å². The van der Waals surface area contributed by atoms with Crippen molar-refractivity contribution in [3.8, 4) is 0 Å². The SMILES string of the molecule is CCCC1(NC(=O)c2cccc3nsnc23)CCOC1. The molecule has 1 aliphatic heterocycles. The van der Waals surface area contributed by atoms with Crippen LogP contribution < -0.4 is 5.32 Å². The Balaban J connectivity index is 1.87. The number of hydrogen-bond acceptors (Lipinski definition) is 5. The maximum absolute atomic E-state index is 12.6. The van der Waals surface area contributed by atoms with E-state index in [1.807, 2.05) is 12.1 Å². The first kappa shape index (κ1) is 13.5. The van der Waals surface area contributed by atoms with Gasteiger partial charge in [-0.25, -0.2) is 0 Å². The summed E-state index contributed by atoms with van der Waals surface area (Å²) in [7, 11) is 0. The molecule has 1 amide bonds. The monoisotopic (exact) mass is 291 g/mol. The summed E-state index contributed by atoms with van der Waals surface area (Å²) in [5.41, 5.74) is 1.83. The smallest absolute Gasteiger partial charge is 0.254 e. The van der Waals surface area contributed by atoms with Gasteiger partial charge in [0, 0.05) is 6.61 Å². The molecule has 1 atom stereocenters. The Labute approximate surface area is 121 Å². The van der Waals surface area contributed by atoms with Gasteiger partial charge in [0.05, 0.1) is 29.4 Å². The fourth-order valence-electron chi connectivity index (χ4n) is 2.74. The van der Waals surface area contributed by atoms with E-state index in [1.165, 1.54) is 0 Å². The van der Waals surface area contributed by atoms with Crippen LogP contribution in [0.2, 0.25) is 0 Å². The fourth-order valence-corrected chi connectivity index (χ4v) is 3.29. The van der Waals surface area contributed by atoms with Crippen LogP contribution in [-0.4, -0.2) is 33.4 Å². The van der Waals surface area contributed by atoms with Crippen molar-refractivity contribution in [2.75, 3.05) is 13.2 Å². The van der Waals surface area contributed by atoms with Crippen LogP contribution in [0.4, 0.5) is 0 Å². The summed E-state index contributed by atoms with van der Waals surface area (Å²) in [6.45, 7) is 3.43. The van der Waals surface area contributed by atoms with Gasteiger partial charge < -0.3 is 10.1 Å². The van der Waals surface area contributed by atoms with Crippen LogP contribution in [-0.2, 0) is 4.74 Å². The average Bonchev–Trinajstić information content (AvgIpc) is 3.07. The number of ether oxygens (including phenoxy) is 1. The highest BCUT2D eigenvalue weighted by Crippen LogP contribution is 2.25. The highest BCUT2D eigenvalue weighted by Gasteiger charge is 2.36. The Kier molecular flexibility index (Phi) is 3.67. The van der Waals surface area contributed by atoms with Gasteiger partial charge in [0.15, 0.2) is 0 Å². The molecule has 0 aliphatic carbocycles. The minimum Gasteiger partial charge on any atom is -0.379 e. The number of benzene rings is 1. The van der Waals surface area contributed by atoms with E-state index < -0.39 is 0 Å². The van der Waals surface area contributed by atoms with Crippen LogP contribution in [0.3, 0.4) is 0 Å². The van der Waals surface area contributed by atoms with Crippen molar-refractivity contribution >= 4 is 28.7 Å². The number of fused-ring (bicyclic) bond motifs is 1. The van der Waals surface area contributed by atoms with E-state index in [0.29, 0.717) is 24.3 Å². The number of rotatable bonds is 4. The second kappa shape index (κ2) is 5.46. The van der Waals surface area contributed by atoms with Crippen molar-refractivity contribution < 1.29 is 9.53 Å². The van der Waals surface area contributed by atoms with Gasteiger partial charge in [0.2, 0.25) is 0 Å². The molecule has 0 bridgehead atoms. The van der Waals surface area contributed by atoms with Crippen LogP contribution >= 0.6 is 11.7 Å². The van der Waals surface area contributed by atoms with Gasteiger partial charge >= 0.3 is 0 Å². The molecule has 1 aromatic carbocycles. The molecule has 1 N–H and O–H groups in total. The molecular formula is C14H17N3O2S. The van der Waals surface area contributed by atoms with Gasteiger partial charge in [-0.3, -0.25) is 4.79 Å². The maximum Gasteiger partial charge on any atom is 0.254 e. The molecule has 0 spiro atoms. The quantitative estimate of drug-likeness (QED) is 0.939. The highest BCUT2D eigenvalue weighted by atomic mass is 32.1. The summed E-state index contributed by atoms with van der Waals surface area (Å²) in [5.74, 6) is -0.0812. The third-order valence-corrected chi connectivity index (χ3v) is 4.28. The van der Waals surface area contributed by atoms with E-state index in [0.717, 1.165) is 36.5 Å². The second-order valence-corrected chi connectivity index (χ2v) is 5.75. The zero-order valence-corrected chi connectivity index (χ0v) is 12.2. The summed E-state index contributed by atoms with van der Waals surface area (Å²) in [6.07, 6.45) is 2.83. The second-order valence-electron chi connectivity index (χ2n) is 5.22. The summed E-state index contributed by atoms with van der Waals surface area (Å²) < 4.78 is 13.9. The predicted octanol–water partition coefficient (Wildman–Crippen LogP) is 2.38. The Hall–Kier alpha value is -1.53. The molecule has 5 nitrogen and oxygen atoms in total. The Morgan fingerprint density at radius 3 is 3.15 bits per heavy atom. The number of nitrogens with one attached hydrogen (secondary N) is 1. The Morgan fingerprint density at radius 2 is 2.40 bits per heavy atom. The van der Waals surface area contributed by atoms with Crippen molar-refractivity contribution in [3.05, 3.63) is 23.8 Å². The van der Waals surface area contributed by atoms with Crippen LogP contribution in [0.25, 0.3) is 11.0 Å². The summed E-state index contributed by atoms with van der Waals surface area (Å²) in [5, 5.41) is 3.16. The molecule has 6 heteroatoms. The summed E-state index contributed by atoms with van der Waals surface area (Å²) >= 11 is 1.13. The normalized spacial score (nSPS) is 22.2. The lowest BCUT2D eigenvalue weighted by atomic mass is 9.92. The zero-order chi connectivity index (χ0) is 14.0. The molecule has 1 aromatic heterocycles. The third kappa shape index (κ3) is 2.41. The number of aromatic nitrogens is 2. The van der Waals surface area contributed by atoms with Crippen molar-refractivity contribution in [3.63, 3.8) is 0 Å². The molecule has 20 heavy (non-hydrogen) atoms. The number of hydrogen-bond donors (Lipinski definition) is 1. The summed E-state index contributed by atoms with van der Waals surface area (Å²) in [4.78, 5) is 12.6. The van der Waals surface area contributed by atoms with Gasteiger partial charge in [-0.1, -0.05) is 19.4 Å². The first-order chi connectivity index (χ1) is 9.74. The van der Waals surface area contributed by atoms with Crippen molar-refractivity contribution in [2.24, 2.45) is 0 Å². The van der Waals surface area contributed by atoms with Gasteiger partial charge in [-0.05, 0) is 25.0 Å². The molecule has 1 saturated heterocycles. The minimum absolute atomic E-state index is 0.0812. The third-order valence-electron chi connectivity index (χ3n) is 3.74. The average molecular weight is 291 g/mol. The molecule has 2 heterocycles. The lowest BCUT2D eigenvalue weighted by molar-refractivity contribution is 0.0871. The number of nitrogens with zero attached hydrogens (tertiary/aromatic N) is 2. The summed E-state index contributed by atoms with van der Waals surface area (Å²) in [6, 6.07) is 5.51. The van der Waals surface area contributed by atoms with Crippen molar-refractivity contribution in [1.29, 1.82) is 0 Å². The van der Waals surface area contributed by atoms with Gasteiger partial charge in [0.1, 0.15) is 11.0 Å². The van der Waals surface area contributed by atoms with Crippen LogP contribution in [0, 0.1) is 0 Å². The topological polar surface area (TPSA) is 64.1 Å². The number of carbonyl (C=O) groups excluding carboxylic acids is 1. The molecule has 3 rings (SSSR count). The predicted molar refractivity (Wildman–Crippen MR) is 78.0 cm³/mol. The first-order valence-corrected chi connectivity index (χ1v) is 7.59. The van der Waals surface area contributed by atoms with Crippen LogP contribution in [0.15, 0.2) is 18.2 Å². The Bertz CT molecular complexity index is 620. The lowest BCUT2D eigenvalue weighted by Gasteiger charge is -2.28. The largest absolute Gasteiger partial charge is 0.379 e. The molecule has 0 saturated carbocycles. The molecule has 1 fully saturated rings. The van der Waals surface area contributed by atoms with E-state index in [4.69, 9.17) is 4.74 Å². The lowest BCUT2D eigenvalue weighted by Crippen LogP contribution is -2.49. The molecular weight excluding hydrogens is 274 g/mol. The van der Waals surface area contributed by atoms with Crippen LogP contribution in [0.1, 0.15) is 36.5 Å². The Morgan fingerprint density at radius 1 is 1.50 bits per heavy atom. The number of amides is 1. The molecule has 106 valence electrons. The minimum atomic E-state index is -0.225. The molecule has 2 aromatic rings. The van der Waals surface area contributed by atoms with Crippen molar-refractivity contribution in [1.82, 2.24) is 14.1 Å². The van der Waals surface area contributed by atoms with Crippen LogP contribution in [0.5, 0.6) is 0 Å². The fraction of sp³-hybridized carbons (Fsp3) is 0.500. The highest BCUT2D eigenvalue weighted by molar-refractivity contribution is 7.00. The number of carbonyl (C=O) groups is 1. The first-order valence-electron chi connectivity index (χ1n) is 6.86. The van der Waals surface area contributed by atoms with Gasteiger partial charge in [0.25, 0.3) is 5.91 Å². The van der Waals surface area contributed by atoms with Gasteiger partial charge in [-0.15, -0.1) is 0 Å². The van der Waals surface area contributed by atoms with E-state index in [1.54, 1.807) is 6.07 Å². The van der Waals surface area contributed by atoms with Crippen molar-refractivity contribution in [2.45, 2.75) is 31.7 Å². The van der Waals surface area contributed by atoms with E-state index >= 15 is 0 Å². The standard InChI is InChI=1S/C14H17N3O2S/c1-2-6-14(7-8-19-9-14)15-13(18)10-4-3-5-11-12(10)17-20-16-11/h3-5H,2,6-9H2,1H3,(H,15,18). The van der Waals surface area contributed by atoms with E-state index in [9.17, 15) is 4.79 Å². The maximum atomic E-state index is 12.6. The molecule has 1 unspecified atom stereocenters. The molecule has 1 aliphatic rings.